The number of amides is 1. The summed E-state index contributed by atoms with van der Waals surface area (Å²) in [5.74, 6) is -0.00493. The summed E-state index contributed by atoms with van der Waals surface area (Å²) in [5.41, 5.74) is 6.56. The quantitative estimate of drug-likeness (QED) is 0.877. The molecule has 1 unspecified atom stereocenters. The Kier molecular flexibility index (Phi) is 3.99. The Hall–Kier alpha value is -1.10. The first kappa shape index (κ1) is 12.4. The van der Waals surface area contributed by atoms with Gasteiger partial charge in [-0.3, -0.25) is 4.79 Å². The van der Waals surface area contributed by atoms with E-state index in [4.69, 9.17) is 22.1 Å². The van der Waals surface area contributed by atoms with E-state index in [-0.39, 0.29) is 18.6 Å². The molecule has 17 heavy (non-hydrogen) atoms. The van der Waals surface area contributed by atoms with Crippen LogP contribution in [0.15, 0.2) is 24.3 Å². The van der Waals surface area contributed by atoms with Crippen LogP contribution < -0.4 is 5.73 Å². The van der Waals surface area contributed by atoms with E-state index in [0.717, 1.165) is 5.56 Å². The molecular weight excluding hydrogens is 240 g/mol. The molecule has 0 saturated carbocycles. The lowest BCUT2D eigenvalue weighted by Crippen LogP contribution is -2.48. The zero-order valence-corrected chi connectivity index (χ0v) is 10.2. The van der Waals surface area contributed by atoms with Crippen molar-refractivity contribution >= 4 is 17.5 Å². The van der Waals surface area contributed by atoms with Gasteiger partial charge in [-0.1, -0.05) is 23.7 Å². The molecule has 0 aromatic heterocycles. The van der Waals surface area contributed by atoms with Crippen LogP contribution in [0.3, 0.4) is 0 Å². The minimum absolute atomic E-state index is 0.00493. The average Bonchev–Trinajstić information content (AvgIpc) is 2.32. The molecule has 5 heteroatoms. The van der Waals surface area contributed by atoms with E-state index in [1.54, 1.807) is 4.90 Å². The molecule has 1 saturated heterocycles. The molecule has 1 aliphatic heterocycles. The van der Waals surface area contributed by atoms with Gasteiger partial charge in [0.15, 0.2) is 0 Å². The van der Waals surface area contributed by atoms with E-state index >= 15 is 0 Å². The Balaban J connectivity index is 2.04. The normalized spacial score (nSPS) is 20.7. The summed E-state index contributed by atoms with van der Waals surface area (Å²) >= 11 is 5.91. The standard InChI is InChI=1S/C12H15ClN2O2/c13-10-3-1-2-9(4-10)6-15-7-11(5-14)17-8-12(15)16/h1-4,11H,5-8,14H2. The van der Waals surface area contributed by atoms with E-state index in [2.05, 4.69) is 0 Å². The zero-order chi connectivity index (χ0) is 12.3. The molecule has 1 aromatic carbocycles. The highest BCUT2D eigenvalue weighted by Crippen LogP contribution is 2.15. The van der Waals surface area contributed by atoms with Gasteiger partial charge in [0.2, 0.25) is 5.91 Å². The number of benzene rings is 1. The second-order valence-electron chi connectivity index (χ2n) is 4.07. The van der Waals surface area contributed by atoms with Gasteiger partial charge in [-0.2, -0.15) is 0 Å². The lowest BCUT2D eigenvalue weighted by molar-refractivity contribution is -0.149. The summed E-state index contributed by atoms with van der Waals surface area (Å²) in [6.45, 7) is 1.64. The van der Waals surface area contributed by atoms with Crippen LogP contribution in [0.1, 0.15) is 5.56 Å². The number of ether oxygens (including phenoxy) is 1. The van der Waals surface area contributed by atoms with Crippen molar-refractivity contribution in [2.45, 2.75) is 12.6 Å². The second kappa shape index (κ2) is 5.49. The summed E-state index contributed by atoms with van der Waals surface area (Å²) in [5, 5.41) is 0.679. The number of carbonyl (C=O) groups excluding carboxylic acids is 1. The summed E-state index contributed by atoms with van der Waals surface area (Å²) in [6.07, 6.45) is -0.0631. The molecule has 1 fully saturated rings. The lowest BCUT2D eigenvalue weighted by Gasteiger charge is -2.32. The predicted octanol–water partition coefficient (Wildman–Crippen LogP) is 1.03. The van der Waals surface area contributed by atoms with Gasteiger partial charge in [0.05, 0.1) is 6.10 Å². The molecule has 1 heterocycles. The van der Waals surface area contributed by atoms with Gasteiger partial charge in [-0.25, -0.2) is 0 Å². The first-order valence-electron chi connectivity index (χ1n) is 5.53. The summed E-state index contributed by atoms with van der Waals surface area (Å²) in [4.78, 5) is 13.4. The van der Waals surface area contributed by atoms with Gasteiger partial charge in [0.1, 0.15) is 6.61 Å². The van der Waals surface area contributed by atoms with Crippen molar-refractivity contribution in [1.82, 2.24) is 4.90 Å². The van der Waals surface area contributed by atoms with Crippen molar-refractivity contribution in [1.29, 1.82) is 0 Å². The Morgan fingerprint density at radius 3 is 3.06 bits per heavy atom. The lowest BCUT2D eigenvalue weighted by atomic mass is 10.2. The second-order valence-corrected chi connectivity index (χ2v) is 4.51. The molecule has 1 aromatic rings. The maximum atomic E-state index is 11.7. The van der Waals surface area contributed by atoms with Gasteiger partial charge in [-0.15, -0.1) is 0 Å². The number of nitrogens with two attached hydrogens (primary N) is 1. The molecule has 1 aliphatic rings. The van der Waals surface area contributed by atoms with Crippen LogP contribution in [0.4, 0.5) is 0 Å². The van der Waals surface area contributed by atoms with Crippen LogP contribution in [-0.2, 0) is 16.1 Å². The van der Waals surface area contributed by atoms with Crippen molar-refractivity contribution in [3.8, 4) is 0 Å². The summed E-state index contributed by atoms with van der Waals surface area (Å²) in [6, 6.07) is 7.51. The first-order valence-corrected chi connectivity index (χ1v) is 5.90. The summed E-state index contributed by atoms with van der Waals surface area (Å²) in [7, 11) is 0. The highest BCUT2D eigenvalue weighted by molar-refractivity contribution is 6.30. The van der Waals surface area contributed by atoms with Crippen LogP contribution in [0, 0.1) is 0 Å². The van der Waals surface area contributed by atoms with Gasteiger partial charge in [0, 0.05) is 24.7 Å². The van der Waals surface area contributed by atoms with Gasteiger partial charge in [0.25, 0.3) is 0 Å². The third kappa shape index (κ3) is 3.19. The molecule has 1 atom stereocenters. The van der Waals surface area contributed by atoms with Crippen molar-refractivity contribution in [2.24, 2.45) is 5.73 Å². The maximum Gasteiger partial charge on any atom is 0.248 e. The van der Waals surface area contributed by atoms with Gasteiger partial charge < -0.3 is 15.4 Å². The molecular formula is C12H15ClN2O2. The van der Waals surface area contributed by atoms with Crippen molar-refractivity contribution in [2.75, 3.05) is 19.7 Å². The molecule has 92 valence electrons. The topological polar surface area (TPSA) is 55.6 Å². The molecule has 0 bridgehead atoms. The van der Waals surface area contributed by atoms with Crippen LogP contribution in [0.2, 0.25) is 5.02 Å². The number of nitrogens with zero attached hydrogens (tertiary/aromatic N) is 1. The number of hydrogen-bond acceptors (Lipinski definition) is 3. The highest BCUT2D eigenvalue weighted by atomic mass is 35.5. The van der Waals surface area contributed by atoms with E-state index in [9.17, 15) is 4.79 Å². The highest BCUT2D eigenvalue weighted by Gasteiger charge is 2.25. The first-order chi connectivity index (χ1) is 8.19. The Morgan fingerprint density at radius 1 is 1.53 bits per heavy atom. The monoisotopic (exact) mass is 254 g/mol. The number of rotatable bonds is 3. The van der Waals surface area contributed by atoms with Gasteiger partial charge in [-0.05, 0) is 17.7 Å². The van der Waals surface area contributed by atoms with E-state index in [1.165, 1.54) is 0 Å². The fourth-order valence-electron chi connectivity index (χ4n) is 1.83. The zero-order valence-electron chi connectivity index (χ0n) is 9.43. The predicted molar refractivity (Wildman–Crippen MR) is 65.7 cm³/mol. The van der Waals surface area contributed by atoms with Crippen LogP contribution in [0.25, 0.3) is 0 Å². The van der Waals surface area contributed by atoms with Crippen LogP contribution in [0.5, 0.6) is 0 Å². The minimum atomic E-state index is -0.0631. The minimum Gasteiger partial charge on any atom is -0.365 e. The molecule has 4 nitrogen and oxygen atoms in total. The Morgan fingerprint density at radius 2 is 2.35 bits per heavy atom. The smallest absolute Gasteiger partial charge is 0.248 e. The molecule has 2 N–H and O–H groups in total. The van der Waals surface area contributed by atoms with Crippen LogP contribution >= 0.6 is 11.6 Å². The largest absolute Gasteiger partial charge is 0.365 e. The summed E-state index contributed by atoms with van der Waals surface area (Å²) < 4.78 is 5.29. The number of morpholine rings is 1. The third-order valence-electron chi connectivity index (χ3n) is 2.74. The van der Waals surface area contributed by atoms with Gasteiger partial charge >= 0.3 is 0 Å². The van der Waals surface area contributed by atoms with Crippen molar-refractivity contribution < 1.29 is 9.53 Å². The fraction of sp³-hybridized carbons (Fsp3) is 0.417. The number of hydrogen-bond donors (Lipinski definition) is 1. The van der Waals surface area contributed by atoms with E-state index in [1.807, 2.05) is 24.3 Å². The Bertz CT molecular complexity index is 411. The molecule has 1 amide bonds. The van der Waals surface area contributed by atoms with E-state index in [0.29, 0.717) is 24.7 Å². The maximum absolute atomic E-state index is 11.7. The SMILES string of the molecule is NCC1CN(Cc2cccc(Cl)c2)C(=O)CO1. The molecule has 0 spiro atoms. The average molecular weight is 255 g/mol. The molecule has 0 radical (unpaired) electrons. The van der Waals surface area contributed by atoms with Crippen molar-refractivity contribution in [3.63, 3.8) is 0 Å². The van der Waals surface area contributed by atoms with Crippen LogP contribution in [-0.4, -0.2) is 36.6 Å². The van der Waals surface area contributed by atoms with E-state index < -0.39 is 0 Å². The Labute approximate surface area is 105 Å². The molecule has 2 rings (SSSR count). The molecule has 0 aliphatic carbocycles. The number of carbonyl (C=O) groups is 1. The fourth-order valence-corrected chi connectivity index (χ4v) is 2.04. The number of halogens is 1. The van der Waals surface area contributed by atoms with Crippen molar-refractivity contribution in [3.05, 3.63) is 34.9 Å². The third-order valence-corrected chi connectivity index (χ3v) is 2.98.